The number of hydrogen-bond donors (Lipinski definition) is 2. The first-order chi connectivity index (χ1) is 7.86. The molecule has 0 spiro atoms. The highest BCUT2D eigenvalue weighted by Gasteiger charge is 2.17. The van der Waals surface area contributed by atoms with Crippen LogP contribution in [0.5, 0.6) is 0 Å². The van der Waals surface area contributed by atoms with Crippen molar-refractivity contribution in [3.63, 3.8) is 0 Å². The fourth-order valence-corrected chi connectivity index (χ4v) is 2.70. The molecule has 1 aromatic rings. The molecule has 0 aliphatic rings. The van der Waals surface area contributed by atoms with Crippen molar-refractivity contribution in [2.75, 3.05) is 13.2 Å². The topological polar surface area (TPSA) is 66.4 Å². The van der Waals surface area contributed by atoms with Gasteiger partial charge in [0.15, 0.2) is 0 Å². The van der Waals surface area contributed by atoms with Gasteiger partial charge in [-0.2, -0.15) is 0 Å². The molecule has 0 aromatic heterocycles. The highest BCUT2D eigenvalue weighted by molar-refractivity contribution is 7.89. The second-order valence-corrected chi connectivity index (χ2v) is 5.78. The Morgan fingerprint density at radius 2 is 2.12 bits per heavy atom. The summed E-state index contributed by atoms with van der Waals surface area (Å²) < 4.78 is 39.0. The minimum Gasteiger partial charge on any atom is -0.396 e. The summed E-state index contributed by atoms with van der Waals surface area (Å²) in [4.78, 5) is 0.0593. The lowest BCUT2D eigenvalue weighted by molar-refractivity contribution is 0.238. The lowest BCUT2D eigenvalue weighted by atomic mass is 10.2. The molecule has 0 radical (unpaired) electrons. The summed E-state index contributed by atoms with van der Waals surface area (Å²) in [6, 6.07) is 3.51. The van der Waals surface area contributed by atoms with Crippen molar-refractivity contribution in [1.82, 2.24) is 4.72 Å². The minimum absolute atomic E-state index is 0.0593. The Morgan fingerprint density at radius 3 is 2.65 bits per heavy atom. The molecule has 0 heterocycles. The van der Waals surface area contributed by atoms with Gasteiger partial charge >= 0.3 is 0 Å². The number of hydrogen-bond acceptors (Lipinski definition) is 3. The van der Waals surface area contributed by atoms with Gasteiger partial charge in [0.25, 0.3) is 0 Å². The van der Waals surface area contributed by atoms with Crippen molar-refractivity contribution in [3.8, 4) is 0 Å². The van der Waals surface area contributed by atoms with E-state index >= 15 is 0 Å². The standard InChI is InChI=1S/C11H16FNO3S/c1-8(7-14)6-13-17(15,16)11-4-3-10(12)5-9(11)2/h3-5,8,13-14H,6-7H2,1-2H3/t8-/m1/s1. The predicted molar refractivity (Wildman–Crippen MR) is 62.6 cm³/mol. The van der Waals surface area contributed by atoms with Crippen LogP contribution in [0, 0.1) is 18.7 Å². The van der Waals surface area contributed by atoms with E-state index in [0.717, 1.165) is 6.07 Å². The molecule has 0 saturated heterocycles. The molecule has 1 atom stereocenters. The number of benzene rings is 1. The molecule has 1 aromatic carbocycles. The molecule has 0 bridgehead atoms. The van der Waals surface area contributed by atoms with Crippen molar-refractivity contribution < 1.29 is 17.9 Å². The molecule has 0 unspecified atom stereocenters. The van der Waals surface area contributed by atoms with Crippen molar-refractivity contribution >= 4 is 10.0 Å². The first kappa shape index (κ1) is 14.1. The minimum atomic E-state index is -3.64. The third-order valence-corrected chi connectivity index (χ3v) is 3.94. The quantitative estimate of drug-likeness (QED) is 0.832. The van der Waals surface area contributed by atoms with E-state index in [1.807, 2.05) is 0 Å². The van der Waals surface area contributed by atoms with Crippen LogP contribution in [-0.2, 0) is 10.0 Å². The van der Waals surface area contributed by atoms with Crippen LogP contribution in [0.4, 0.5) is 4.39 Å². The van der Waals surface area contributed by atoms with Gasteiger partial charge in [0.1, 0.15) is 5.82 Å². The molecule has 0 aliphatic carbocycles. The van der Waals surface area contributed by atoms with E-state index < -0.39 is 15.8 Å². The van der Waals surface area contributed by atoms with Crippen LogP contribution in [0.25, 0.3) is 0 Å². The number of rotatable bonds is 5. The van der Waals surface area contributed by atoms with Gasteiger partial charge in [0, 0.05) is 13.2 Å². The van der Waals surface area contributed by atoms with E-state index in [9.17, 15) is 12.8 Å². The maximum absolute atomic E-state index is 12.9. The van der Waals surface area contributed by atoms with Gasteiger partial charge in [0.2, 0.25) is 10.0 Å². The zero-order chi connectivity index (χ0) is 13.1. The summed E-state index contributed by atoms with van der Waals surface area (Å²) in [5.74, 6) is -0.629. The largest absolute Gasteiger partial charge is 0.396 e. The Balaban J connectivity index is 2.90. The van der Waals surface area contributed by atoms with Crippen LogP contribution in [0.2, 0.25) is 0 Å². The zero-order valence-corrected chi connectivity index (χ0v) is 10.6. The molecule has 17 heavy (non-hydrogen) atoms. The fourth-order valence-electron chi connectivity index (χ4n) is 1.31. The highest BCUT2D eigenvalue weighted by Crippen LogP contribution is 2.15. The Hall–Kier alpha value is -0.980. The average molecular weight is 261 g/mol. The molecular formula is C11H16FNO3S. The third kappa shape index (κ3) is 3.76. The zero-order valence-electron chi connectivity index (χ0n) is 9.77. The van der Waals surface area contributed by atoms with Gasteiger partial charge in [-0.05, 0) is 36.6 Å². The summed E-state index contributed by atoms with van der Waals surface area (Å²) in [6.45, 7) is 3.31. The smallest absolute Gasteiger partial charge is 0.240 e. The monoisotopic (exact) mass is 261 g/mol. The first-order valence-corrected chi connectivity index (χ1v) is 6.72. The van der Waals surface area contributed by atoms with E-state index in [4.69, 9.17) is 5.11 Å². The summed E-state index contributed by atoms with van der Waals surface area (Å²) in [7, 11) is -3.64. The second-order valence-electron chi connectivity index (χ2n) is 4.05. The van der Waals surface area contributed by atoms with Gasteiger partial charge in [0.05, 0.1) is 4.90 Å². The van der Waals surface area contributed by atoms with E-state index in [-0.39, 0.29) is 24.0 Å². The number of aliphatic hydroxyl groups is 1. The summed E-state index contributed by atoms with van der Waals surface area (Å²) in [5, 5.41) is 8.81. The van der Waals surface area contributed by atoms with E-state index in [1.54, 1.807) is 6.92 Å². The van der Waals surface area contributed by atoms with Crippen LogP contribution >= 0.6 is 0 Å². The predicted octanol–water partition coefficient (Wildman–Crippen LogP) is 1.04. The Labute approximate surface area is 101 Å². The SMILES string of the molecule is Cc1cc(F)ccc1S(=O)(=O)NC[C@@H](C)CO. The number of aryl methyl sites for hydroxylation is 1. The number of nitrogens with one attached hydrogen (secondary N) is 1. The third-order valence-electron chi connectivity index (χ3n) is 2.36. The second kappa shape index (κ2) is 5.57. The van der Waals surface area contributed by atoms with Gasteiger partial charge in [-0.3, -0.25) is 0 Å². The number of halogens is 1. The molecule has 4 nitrogen and oxygen atoms in total. The molecule has 0 amide bonds. The molecule has 96 valence electrons. The molecule has 0 saturated carbocycles. The summed E-state index contributed by atoms with van der Waals surface area (Å²) in [5.41, 5.74) is 0.356. The molecular weight excluding hydrogens is 245 g/mol. The Kier molecular flexibility index (Phi) is 4.62. The fraction of sp³-hybridized carbons (Fsp3) is 0.455. The summed E-state index contributed by atoms with van der Waals surface area (Å²) >= 11 is 0. The Morgan fingerprint density at radius 1 is 1.47 bits per heavy atom. The van der Waals surface area contributed by atoms with Crippen LogP contribution in [-0.4, -0.2) is 26.7 Å². The lowest BCUT2D eigenvalue weighted by Gasteiger charge is -2.12. The normalized spacial score (nSPS) is 13.6. The number of aliphatic hydroxyl groups excluding tert-OH is 1. The van der Waals surface area contributed by atoms with Crippen molar-refractivity contribution in [3.05, 3.63) is 29.6 Å². The van der Waals surface area contributed by atoms with Crippen LogP contribution in [0.1, 0.15) is 12.5 Å². The van der Waals surface area contributed by atoms with Gasteiger partial charge < -0.3 is 5.11 Å². The van der Waals surface area contributed by atoms with Crippen molar-refractivity contribution in [2.24, 2.45) is 5.92 Å². The van der Waals surface area contributed by atoms with Crippen LogP contribution < -0.4 is 4.72 Å². The maximum atomic E-state index is 12.9. The van der Waals surface area contributed by atoms with Gasteiger partial charge in [-0.15, -0.1) is 0 Å². The Bertz CT molecular complexity index is 487. The summed E-state index contributed by atoms with van der Waals surface area (Å²) in [6.07, 6.45) is 0. The van der Waals surface area contributed by atoms with Crippen molar-refractivity contribution in [1.29, 1.82) is 0 Å². The molecule has 6 heteroatoms. The maximum Gasteiger partial charge on any atom is 0.240 e. The molecule has 0 fully saturated rings. The van der Waals surface area contributed by atoms with Crippen LogP contribution in [0.15, 0.2) is 23.1 Å². The van der Waals surface area contributed by atoms with E-state index in [1.165, 1.54) is 19.1 Å². The van der Waals surface area contributed by atoms with Crippen LogP contribution in [0.3, 0.4) is 0 Å². The van der Waals surface area contributed by atoms with E-state index in [2.05, 4.69) is 4.72 Å². The molecule has 1 rings (SSSR count). The lowest BCUT2D eigenvalue weighted by Crippen LogP contribution is -2.30. The molecule has 0 aliphatic heterocycles. The highest BCUT2D eigenvalue weighted by atomic mass is 32.2. The number of sulfonamides is 1. The van der Waals surface area contributed by atoms with Gasteiger partial charge in [-0.25, -0.2) is 17.5 Å². The first-order valence-electron chi connectivity index (χ1n) is 5.23. The molecule has 2 N–H and O–H groups in total. The van der Waals surface area contributed by atoms with Gasteiger partial charge in [-0.1, -0.05) is 6.92 Å². The van der Waals surface area contributed by atoms with E-state index in [0.29, 0.717) is 5.56 Å². The average Bonchev–Trinajstić information content (AvgIpc) is 2.25. The van der Waals surface area contributed by atoms with Crippen molar-refractivity contribution in [2.45, 2.75) is 18.7 Å².